The molecule has 0 spiro atoms. The Morgan fingerprint density at radius 1 is 1.27 bits per heavy atom. The summed E-state index contributed by atoms with van der Waals surface area (Å²) in [5.41, 5.74) is 0.321. The molecule has 0 bridgehead atoms. The lowest BCUT2D eigenvalue weighted by Gasteiger charge is -2.34. The summed E-state index contributed by atoms with van der Waals surface area (Å²) in [6.45, 7) is 12.6. The van der Waals surface area contributed by atoms with Gasteiger partial charge in [0.05, 0.1) is 0 Å². The van der Waals surface area contributed by atoms with Gasteiger partial charge in [-0.25, -0.2) is 0 Å². The molecule has 5 heteroatoms. The number of piperidine rings is 1. The van der Waals surface area contributed by atoms with Gasteiger partial charge in [0.1, 0.15) is 0 Å². The number of guanidine groups is 1. The third-order valence-corrected chi connectivity index (χ3v) is 4.13. The van der Waals surface area contributed by atoms with E-state index in [0.717, 1.165) is 51.4 Å². The maximum absolute atomic E-state index is 11.5. The quantitative estimate of drug-likeness (QED) is 0.605. The van der Waals surface area contributed by atoms with Gasteiger partial charge in [-0.3, -0.25) is 9.79 Å². The number of carbonyl (C=O) groups is 1. The summed E-state index contributed by atoms with van der Waals surface area (Å²) < 4.78 is 0. The maximum Gasteiger partial charge on any atom is 0.220 e. The summed E-state index contributed by atoms with van der Waals surface area (Å²) in [7, 11) is 1.71. The highest BCUT2D eigenvalue weighted by Crippen LogP contribution is 2.21. The van der Waals surface area contributed by atoms with Crippen molar-refractivity contribution in [3.63, 3.8) is 0 Å². The summed E-state index contributed by atoms with van der Waals surface area (Å²) in [4.78, 5) is 18.6. The molecule has 1 rings (SSSR count). The number of rotatable bonds is 5. The van der Waals surface area contributed by atoms with Crippen LogP contribution in [0.1, 0.15) is 53.4 Å². The third kappa shape index (κ3) is 7.14. The molecule has 2 N–H and O–H groups in total. The summed E-state index contributed by atoms with van der Waals surface area (Å²) in [6.07, 6.45) is 3.88. The zero-order chi connectivity index (χ0) is 16.6. The fourth-order valence-electron chi connectivity index (χ4n) is 2.64. The van der Waals surface area contributed by atoms with Crippen LogP contribution in [0.5, 0.6) is 0 Å². The first-order chi connectivity index (χ1) is 10.4. The number of nitrogens with zero attached hydrogens (tertiary/aromatic N) is 2. The molecule has 1 aliphatic rings. The Kier molecular flexibility index (Phi) is 7.69. The normalized spacial score (nSPS) is 17.5. The summed E-state index contributed by atoms with van der Waals surface area (Å²) >= 11 is 0. The van der Waals surface area contributed by atoms with Crippen LogP contribution in [0, 0.1) is 11.3 Å². The van der Waals surface area contributed by atoms with Gasteiger partial charge in [-0.15, -0.1) is 0 Å². The van der Waals surface area contributed by atoms with Gasteiger partial charge >= 0.3 is 0 Å². The molecule has 0 atom stereocenters. The molecule has 1 amide bonds. The maximum atomic E-state index is 11.5. The Hall–Kier alpha value is -1.26. The van der Waals surface area contributed by atoms with Gasteiger partial charge in [0, 0.05) is 39.6 Å². The second-order valence-corrected chi connectivity index (χ2v) is 7.35. The van der Waals surface area contributed by atoms with Crippen LogP contribution in [0.2, 0.25) is 0 Å². The van der Waals surface area contributed by atoms with E-state index in [1.54, 1.807) is 7.05 Å². The van der Waals surface area contributed by atoms with Crippen molar-refractivity contribution in [2.24, 2.45) is 16.3 Å². The number of hydrogen-bond donors (Lipinski definition) is 2. The van der Waals surface area contributed by atoms with Gasteiger partial charge in [-0.1, -0.05) is 20.8 Å². The Morgan fingerprint density at radius 2 is 1.91 bits per heavy atom. The fraction of sp³-hybridized carbons (Fsp3) is 0.882. The molecule has 0 aromatic carbocycles. The van der Waals surface area contributed by atoms with Crippen LogP contribution in [0.25, 0.3) is 0 Å². The van der Waals surface area contributed by atoms with Gasteiger partial charge in [-0.2, -0.15) is 0 Å². The standard InChI is InChI=1S/C17H34N4O/c1-6-19-16(20-10-9-17(2,3)4)21-11-7-14(8-12-21)13-15(22)18-5/h14H,6-13H2,1-5H3,(H,18,22)(H,19,20). The molecule has 1 aliphatic heterocycles. The second kappa shape index (κ2) is 9.01. The van der Waals surface area contributed by atoms with Crippen LogP contribution in [0.15, 0.2) is 4.99 Å². The van der Waals surface area contributed by atoms with Crippen LogP contribution in [0.4, 0.5) is 0 Å². The minimum absolute atomic E-state index is 0.157. The number of hydrogen-bond acceptors (Lipinski definition) is 2. The number of likely N-dealkylation sites (tertiary alicyclic amines) is 1. The molecular formula is C17H34N4O. The Bertz CT molecular complexity index is 365. The lowest BCUT2D eigenvalue weighted by atomic mass is 9.92. The smallest absolute Gasteiger partial charge is 0.220 e. The Labute approximate surface area is 135 Å². The minimum atomic E-state index is 0.157. The first-order valence-electron chi connectivity index (χ1n) is 8.59. The van der Waals surface area contributed by atoms with Crippen molar-refractivity contribution in [1.29, 1.82) is 0 Å². The highest BCUT2D eigenvalue weighted by molar-refractivity contribution is 5.80. The van der Waals surface area contributed by atoms with E-state index >= 15 is 0 Å². The third-order valence-electron chi connectivity index (χ3n) is 4.13. The van der Waals surface area contributed by atoms with Crippen molar-refractivity contribution in [3.8, 4) is 0 Å². The predicted octanol–water partition coefficient (Wildman–Crippen LogP) is 2.24. The number of carbonyl (C=O) groups excluding carboxylic acids is 1. The SMILES string of the molecule is CCNC(=NCCC(C)(C)C)N1CCC(CC(=O)NC)CC1. The number of amides is 1. The van der Waals surface area contributed by atoms with E-state index in [4.69, 9.17) is 4.99 Å². The van der Waals surface area contributed by atoms with Crippen molar-refractivity contribution in [2.45, 2.75) is 53.4 Å². The van der Waals surface area contributed by atoms with Gasteiger partial charge in [0.25, 0.3) is 0 Å². The molecule has 0 aliphatic carbocycles. The van der Waals surface area contributed by atoms with Crippen LogP contribution >= 0.6 is 0 Å². The molecule has 22 heavy (non-hydrogen) atoms. The second-order valence-electron chi connectivity index (χ2n) is 7.35. The van der Waals surface area contributed by atoms with Crippen LogP contribution in [-0.2, 0) is 4.79 Å². The molecule has 1 saturated heterocycles. The zero-order valence-corrected chi connectivity index (χ0v) is 15.0. The van der Waals surface area contributed by atoms with Crippen LogP contribution < -0.4 is 10.6 Å². The van der Waals surface area contributed by atoms with Gasteiger partial charge < -0.3 is 15.5 Å². The Morgan fingerprint density at radius 3 is 2.41 bits per heavy atom. The highest BCUT2D eigenvalue weighted by atomic mass is 16.1. The van der Waals surface area contributed by atoms with Crippen LogP contribution in [-0.4, -0.2) is 50.0 Å². The summed E-state index contributed by atoms with van der Waals surface area (Å²) in [5, 5.41) is 6.12. The van der Waals surface area contributed by atoms with Crippen molar-refractivity contribution in [2.75, 3.05) is 33.2 Å². The molecule has 5 nitrogen and oxygen atoms in total. The van der Waals surface area contributed by atoms with E-state index in [1.165, 1.54) is 0 Å². The van der Waals surface area contributed by atoms with Gasteiger partial charge in [-0.05, 0) is 37.5 Å². The largest absolute Gasteiger partial charge is 0.359 e. The topological polar surface area (TPSA) is 56.7 Å². The van der Waals surface area contributed by atoms with Crippen LogP contribution in [0.3, 0.4) is 0 Å². The van der Waals surface area contributed by atoms with E-state index in [0.29, 0.717) is 17.8 Å². The molecule has 0 aromatic rings. The highest BCUT2D eigenvalue weighted by Gasteiger charge is 2.23. The molecule has 0 saturated carbocycles. The van der Waals surface area contributed by atoms with E-state index in [9.17, 15) is 4.79 Å². The monoisotopic (exact) mass is 310 g/mol. The average Bonchev–Trinajstić information content (AvgIpc) is 2.46. The molecular weight excluding hydrogens is 276 g/mol. The van der Waals surface area contributed by atoms with Crippen molar-refractivity contribution < 1.29 is 4.79 Å². The molecule has 0 radical (unpaired) electrons. The Balaban J connectivity index is 2.49. The number of aliphatic imine (C=N–C) groups is 1. The van der Waals surface area contributed by atoms with E-state index in [2.05, 4.69) is 43.2 Å². The van der Waals surface area contributed by atoms with Crippen molar-refractivity contribution in [1.82, 2.24) is 15.5 Å². The predicted molar refractivity (Wildman–Crippen MR) is 93.0 cm³/mol. The van der Waals surface area contributed by atoms with E-state index in [1.807, 2.05) is 0 Å². The molecule has 128 valence electrons. The average molecular weight is 310 g/mol. The lowest BCUT2D eigenvalue weighted by Crippen LogP contribution is -2.46. The minimum Gasteiger partial charge on any atom is -0.359 e. The molecule has 1 heterocycles. The molecule has 1 fully saturated rings. The lowest BCUT2D eigenvalue weighted by molar-refractivity contribution is -0.121. The van der Waals surface area contributed by atoms with Gasteiger partial charge in [0.2, 0.25) is 5.91 Å². The van der Waals surface area contributed by atoms with Crippen molar-refractivity contribution >= 4 is 11.9 Å². The summed E-state index contributed by atoms with van der Waals surface area (Å²) in [6, 6.07) is 0. The van der Waals surface area contributed by atoms with E-state index in [-0.39, 0.29) is 5.91 Å². The fourth-order valence-corrected chi connectivity index (χ4v) is 2.64. The summed E-state index contributed by atoms with van der Waals surface area (Å²) in [5.74, 6) is 1.70. The molecule has 0 aromatic heterocycles. The zero-order valence-electron chi connectivity index (χ0n) is 15.0. The first-order valence-corrected chi connectivity index (χ1v) is 8.59. The number of nitrogens with one attached hydrogen (secondary N) is 2. The van der Waals surface area contributed by atoms with E-state index < -0.39 is 0 Å². The molecule has 0 unspecified atom stereocenters. The van der Waals surface area contributed by atoms with Gasteiger partial charge in [0.15, 0.2) is 5.96 Å². The first kappa shape index (κ1) is 18.8. The van der Waals surface area contributed by atoms with Crippen molar-refractivity contribution in [3.05, 3.63) is 0 Å².